The number of hydrogen-bond donors (Lipinski definition) is 2. The van der Waals surface area contributed by atoms with Crippen LogP contribution in [0, 0.1) is 5.41 Å². The molecule has 0 spiro atoms. The second-order valence-corrected chi connectivity index (χ2v) is 11.6. The third-order valence-electron chi connectivity index (χ3n) is 8.01. The number of nitrogens with two attached hydrogens (primary N) is 1. The quantitative estimate of drug-likeness (QED) is 0.260. The second kappa shape index (κ2) is 10.5. The number of primary amides is 1. The van der Waals surface area contributed by atoms with Crippen molar-refractivity contribution < 1.29 is 23.9 Å². The summed E-state index contributed by atoms with van der Waals surface area (Å²) in [4.78, 5) is 30.5. The van der Waals surface area contributed by atoms with E-state index < -0.39 is 29.1 Å². The molecule has 2 amide bonds. The van der Waals surface area contributed by atoms with Crippen LogP contribution in [0.4, 0.5) is 4.48 Å². The molecule has 216 valence electrons. The van der Waals surface area contributed by atoms with Gasteiger partial charge in [0.15, 0.2) is 6.10 Å². The minimum absolute atomic E-state index is 0.0144. The van der Waals surface area contributed by atoms with E-state index in [1.165, 1.54) is 16.9 Å². The highest BCUT2D eigenvalue weighted by atomic mass is 35.5. The predicted octanol–water partition coefficient (Wildman–Crippen LogP) is 4.89. The summed E-state index contributed by atoms with van der Waals surface area (Å²) in [6.45, 7) is -0.299. The van der Waals surface area contributed by atoms with E-state index >= 15 is 4.48 Å². The number of fused-ring (bicyclic) bond motifs is 1. The molecule has 42 heavy (non-hydrogen) atoms. The zero-order valence-corrected chi connectivity index (χ0v) is 23.9. The van der Waals surface area contributed by atoms with E-state index in [9.17, 15) is 14.7 Å². The highest BCUT2D eigenvalue weighted by molar-refractivity contribution is 6.30. The molecule has 4 aromatic rings. The molecule has 2 atom stereocenters. The zero-order valence-electron chi connectivity index (χ0n) is 22.4. The number of aliphatic hydroxyl groups excluding tert-OH is 1. The van der Waals surface area contributed by atoms with Gasteiger partial charge in [-0.2, -0.15) is 5.10 Å². The van der Waals surface area contributed by atoms with E-state index in [1.54, 1.807) is 61.8 Å². The average molecular weight is 610 g/mol. The van der Waals surface area contributed by atoms with Crippen molar-refractivity contribution in [2.24, 2.45) is 18.2 Å². The molecule has 0 bridgehead atoms. The number of benzene rings is 2. The minimum Gasteiger partial charge on any atom is -0.381 e. The fourth-order valence-electron chi connectivity index (χ4n) is 5.43. The molecule has 3 N–H and O–H groups in total. The number of hydrogen-bond acceptors (Lipinski definition) is 6. The Balaban J connectivity index is 1.56. The van der Waals surface area contributed by atoms with E-state index in [2.05, 4.69) is 10.1 Å². The molecule has 1 aliphatic carbocycles. The van der Waals surface area contributed by atoms with Crippen LogP contribution in [0.5, 0.6) is 0 Å². The van der Waals surface area contributed by atoms with Crippen molar-refractivity contribution in [3.8, 4) is 11.1 Å². The molecular formula is C30H26Cl2FN5O4. The number of rotatable bonds is 9. The number of carbonyl (C=O) groups excluding carboxylic acids is 2. The molecule has 0 radical (unpaired) electrons. The van der Waals surface area contributed by atoms with Gasteiger partial charge in [-0.1, -0.05) is 51.9 Å². The molecule has 6 rings (SSSR count). The number of pyridine rings is 1. The number of ether oxygens (including phenoxy) is 1. The summed E-state index contributed by atoms with van der Waals surface area (Å²) in [5.41, 5.74) is 4.88. The first kappa shape index (κ1) is 28.3. The van der Waals surface area contributed by atoms with Crippen LogP contribution in [0.3, 0.4) is 0 Å². The van der Waals surface area contributed by atoms with Gasteiger partial charge in [0.2, 0.25) is 11.6 Å². The third kappa shape index (κ3) is 4.64. The van der Waals surface area contributed by atoms with E-state index in [4.69, 9.17) is 33.7 Å². The zero-order chi connectivity index (χ0) is 29.8. The van der Waals surface area contributed by atoms with Crippen LogP contribution in [0.15, 0.2) is 67.0 Å². The van der Waals surface area contributed by atoms with Crippen molar-refractivity contribution in [1.82, 2.24) is 19.9 Å². The van der Waals surface area contributed by atoms with Gasteiger partial charge < -0.3 is 15.6 Å². The Hall–Kier alpha value is -3.83. The van der Waals surface area contributed by atoms with Crippen molar-refractivity contribution in [3.63, 3.8) is 0 Å². The Labute approximate surface area is 250 Å². The third-order valence-corrected chi connectivity index (χ3v) is 8.49. The highest BCUT2D eigenvalue weighted by Crippen LogP contribution is 2.54. The van der Waals surface area contributed by atoms with Crippen LogP contribution in [0.25, 0.3) is 11.1 Å². The van der Waals surface area contributed by atoms with Crippen molar-refractivity contribution >= 4 is 35.0 Å². The summed E-state index contributed by atoms with van der Waals surface area (Å²) in [7, 11) is 1.65. The number of halogens is 3. The van der Waals surface area contributed by atoms with Crippen LogP contribution in [-0.4, -0.2) is 43.4 Å². The lowest BCUT2D eigenvalue weighted by atomic mass is 9.86. The van der Waals surface area contributed by atoms with Crippen LogP contribution >= 0.6 is 23.2 Å². The first-order valence-electron chi connectivity index (χ1n) is 13.2. The molecule has 3 heterocycles. The second-order valence-electron chi connectivity index (χ2n) is 10.7. The number of aryl methyl sites for hydroxylation is 1. The summed E-state index contributed by atoms with van der Waals surface area (Å²) >= 11 is 12.2. The molecule has 1 unspecified atom stereocenters. The van der Waals surface area contributed by atoms with Crippen molar-refractivity contribution in [2.45, 2.75) is 31.1 Å². The molecule has 1 saturated carbocycles. The van der Waals surface area contributed by atoms with Crippen molar-refractivity contribution in [1.29, 1.82) is 0 Å². The van der Waals surface area contributed by atoms with Crippen LogP contribution in [-0.2, 0) is 28.7 Å². The molecule has 2 aromatic heterocycles. The highest BCUT2D eigenvalue weighted by Gasteiger charge is 2.61. The SMILES string of the molecule is Cn1ccc(C(O)[C@]2(OCC3(C(N)=O)CC3)c3ccc(-c4ccc(Cl)cc4)c(Cc4ccc(Cl)cn4)c3C(=O)N2F)n1. The standard InChI is InChI=1S/C30H26Cl2FN5O4/c1-37-13-10-24(36-37)26(39)30(42-16-29(11-12-29)28(34)41)23-9-8-21(17-2-4-18(31)5-3-17)22(25(23)27(40)38(30)33)14-20-7-6-19(32)15-35-20/h2-10,13,15,26,39H,11-12,14,16H2,1H3,(H2,34,41)/t26?,30-/m1/s1. The molecule has 1 fully saturated rings. The molecule has 0 saturated heterocycles. The molecule has 9 nitrogen and oxygen atoms in total. The Morgan fingerprint density at radius 2 is 1.83 bits per heavy atom. The summed E-state index contributed by atoms with van der Waals surface area (Å²) in [5.74, 6) is -1.60. The van der Waals surface area contributed by atoms with E-state index in [0.29, 0.717) is 39.7 Å². The number of carbonyl (C=O) groups is 2. The number of nitrogens with zero attached hydrogens (tertiary/aromatic N) is 4. The van der Waals surface area contributed by atoms with Gasteiger partial charge in [0.05, 0.1) is 28.3 Å². The Morgan fingerprint density at radius 1 is 1.12 bits per heavy atom. The van der Waals surface area contributed by atoms with Gasteiger partial charge in [-0.3, -0.25) is 19.3 Å². The number of aromatic nitrogens is 3. The number of amides is 2. The smallest absolute Gasteiger partial charge is 0.285 e. The molecule has 2 aromatic carbocycles. The Morgan fingerprint density at radius 3 is 2.43 bits per heavy atom. The average Bonchev–Trinajstić information content (AvgIpc) is 3.60. The van der Waals surface area contributed by atoms with E-state index in [0.717, 1.165) is 5.56 Å². The van der Waals surface area contributed by atoms with E-state index in [1.807, 2.05) is 0 Å². The lowest BCUT2D eigenvalue weighted by Gasteiger charge is -2.37. The van der Waals surface area contributed by atoms with Gasteiger partial charge in [-0.15, -0.1) is 5.12 Å². The normalized spacial score (nSPS) is 19.5. The van der Waals surface area contributed by atoms with Gasteiger partial charge >= 0.3 is 0 Å². The van der Waals surface area contributed by atoms with Crippen LogP contribution in [0.1, 0.15) is 51.8 Å². The maximum absolute atomic E-state index is 16.5. The van der Waals surface area contributed by atoms with Gasteiger partial charge in [-0.25, -0.2) is 0 Å². The lowest BCUT2D eigenvalue weighted by Crippen LogP contribution is -2.48. The van der Waals surface area contributed by atoms with Crippen molar-refractivity contribution in [2.75, 3.05) is 6.61 Å². The first-order chi connectivity index (χ1) is 20.1. The maximum Gasteiger partial charge on any atom is 0.285 e. The predicted molar refractivity (Wildman–Crippen MR) is 153 cm³/mol. The van der Waals surface area contributed by atoms with Gasteiger partial charge in [-0.05, 0) is 59.9 Å². The summed E-state index contributed by atoms with van der Waals surface area (Å²) in [5, 5.41) is 16.8. The summed E-state index contributed by atoms with van der Waals surface area (Å²) < 4.78 is 24.1. The Bertz CT molecular complexity index is 1690. The summed E-state index contributed by atoms with van der Waals surface area (Å²) in [6.07, 6.45) is 2.36. The number of aliphatic hydroxyl groups is 1. The van der Waals surface area contributed by atoms with Gasteiger partial charge in [0.25, 0.3) is 5.91 Å². The lowest BCUT2D eigenvalue weighted by molar-refractivity contribution is -0.262. The largest absolute Gasteiger partial charge is 0.381 e. The monoisotopic (exact) mass is 609 g/mol. The Kier molecular flexibility index (Phi) is 7.05. The fraction of sp³-hybridized carbons (Fsp3) is 0.267. The molecular weight excluding hydrogens is 584 g/mol. The maximum atomic E-state index is 16.5. The fourth-order valence-corrected chi connectivity index (χ4v) is 5.67. The topological polar surface area (TPSA) is 124 Å². The summed E-state index contributed by atoms with van der Waals surface area (Å²) in [6, 6.07) is 15.2. The van der Waals surface area contributed by atoms with Crippen LogP contribution < -0.4 is 5.73 Å². The van der Waals surface area contributed by atoms with Gasteiger partial charge in [0.1, 0.15) is 0 Å². The van der Waals surface area contributed by atoms with E-state index in [-0.39, 0.29) is 35.0 Å². The molecule has 12 heteroatoms. The minimum atomic E-state index is -2.34. The first-order valence-corrected chi connectivity index (χ1v) is 14.0. The molecule has 2 aliphatic rings. The molecule has 1 aliphatic heterocycles. The van der Waals surface area contributed by atoms with Gasteiger partial charge in [0, 0.05) is 42.1 Å². The van der Waals surface area contributed by atoms with Crippen LogP contribution in [0.2, 0.25) is 10.0 Å². The van der Waals surface area contributed by atoms with Crippen molar-refractivity contribution in [3.05, 3.63) is 105 Å².